The van der Waals surface area contributed by atoms with Crippen LogP contribution in [0, 0.1) is 16.7 Å². The summed E-state index contributed by atoms with van der Waals surface area (Å²) in [5.41, 5.74) is 7.34. The molecule has 2 unspecified atom stereocenters. The van der Waals surface area contributed by atoms with Crippen LogP contribution in [0.5, 0.6) is 5.75 Å². The summed E-state index contributed by atoms with van der Waals surface area (Å²) in [6.45, 7) is 7.22. The maximum absolute atomic E-state index is 5.21. The van der Waals surface area contributed by atoms with Gasteiger partial charge in [0, 0.05) is 22.6 Å². The molecule has 0 radical (unpaired) electrons. The van der Waals surface area contributed by atoms with Crippen LogP contribution in [0.3, 0.4) is 0 Å². The van der Waals surface area contributed by atoms with Gasteiger partial charge < -0.3 is 4.74 Å². The third-order valence-electron chi connectivity index (χ3n) is 6.57. The number of ether oxygens (including phenoxy) is 1. The Morgan fingerprint density at radius 2 is 2.00 bits per heavy atom. The summed E-state index contributed by atoms with van der Waals surface area (Å²) in [4.78, 5) is 4.67. The number of fused-ring (bicyclic) bond motifs is 2. The first-order valence-corrected chi connectivity index (χ1v) is 9.73. The summed E-state index contributed by atoms with van der Waals surface area (Å²) >= 11 is 1.60. The molecule has 2 atom stereocenters. The number of nitrogens with one attached hydrogen (secondary N) is 1. The highest BCUT2D eigenvalue weighted by molar-refractivity contribution is 7.14. The van der Waals surface area contributed by atoms with E-state index >= 15 is 0 Å². The van der Waals surface area contributed by atoms with Crippen molar-refractivity contribution in [1.82, 2.24) is 4.98 Å². The van der Waals surface area contributed by atoms with Gasteiger partial charge in [-0.25, -0.2) is 4.98 Å². The maximum Gasteiger partial charge on any atom is 0.203 e. The van der Waals surface area contributed by atoms with Gasteiger partial charge in [-0.15, -0.1) is 11.3 Å². The van der Waals surface area contributed by atoms with Crippen molar-refractivity contribution in [3.8, 4) is 17.0 Å². The van der Waals surface area contributed by atoms with Crippen LogP contribution in [-0.2, 0) is 0 Å². The maximum atomic E-state index is 5.21. The number of aromatic nitrogens is 1. The Bertz CT molecular complexity index is 806. The van der Waals surface area contributed by atoms with Crippen LogP contribution in [0.2, 0.25) is 0 Å². The number of anilines is 1. The molecular weight excluding hydrogens is 330 g/mol. The number of hydrogen-bond donors (Lipinski definition) is 1. The van der Waals surface area contributed by atoms with Gasteiger partial charge in [-0.2, -0.15) is 5.10 Å². The lowest BCUT2D eigenvalue weighted by molar-refractivity contribution is 0.152. The summed E-state index contributed by atoms with van der Waals surface area (Å²) < 4.78 is 5.21. The number of methoxy groups -OCH3 is 1. The van der Waals surface area contributed by atoms with Crippen LogP contribution >= 0.6 is 11.3 Å². The molecule has 4 rings (SSSR count). The van der Waals surface area contributed by atoms with Crippen molar-refractivity contribution in [3.63, 3.8) is 0 Å². The van der Waals surface area contributed by atoms with Gasteiger partial charge in [0.1, 0.15) is 5.75 Å². The zero-order valence-corrected chi connectivity index (χ0v) is 16.1. The Kier molecular flexibility index (Phi) is 3.87. The predicted molar refractivity (Wildman–Crippen MR) is 104 cm³/mol. The van der Waals surface area contributed by atoms with E-state index in [0.29, 0.717) is 16.7 Å². The van der Waals surface area contributed by atoms with Gasteiger partial charge in [-0.1, -0.05) is 20.8 Å². The fourth-order valence-corrected chi connectivity index (χ4v) is 5.11. The molecule has 2 saturated carbocycles. The van der Waals surface area contributed by atoms with Crippen molar-refractivity contribution in [2.24, 2.45) is 21.8 Å². The third kappa shape index (κ3) is 2.65. The number of thiazole rings is 1. The molecule has 25 heavy (non-hydrogen) atoms. The molecule has 1 N–H and O–H groups in total. The fraction of sp³-hybridized carbons (Fsp3) is 0.500. The molecule has 5 heteroatoms. The van der Waals surface area contributed by atoms with Crippen LogP contribution in [0.25, 0.3) is 11.3 Å². The van der Waals surface area contributed by atoms with Gasteiger partial charge in [0.25, 0.3) is 0 Å². The monoisotopic (exact) mass is 355 g/mol. The largest absolute Gasteiger partial charge is 0.497 e. The lowest BCUT2D eigenvalue weighted by Gasteiger charge is -2.33. The lowest BCUT2D eigenvalue weighted by atomic mass is 9.71. The molecule has 2 fully saturated rings. The van der Waals surface area contributed by atoms with E-state index in [0.717, 1.165) is 28.6 Å². The Labute approximate surface area is 153 Å². The van der Waals surface area contributed by atoms with E-state index in [-0.39, 0.29) is 0 Å². The van der Waals surface area contributed by atoms with Crippen LogP contribution in [0.1, 0.15) is 40.0 Å². The summed E-state index contributed by atoms with van der Waals surface area (Å²) in [6, 6.07) is 7.98. The predicted octanol–water partition coefficient (Wildman–Crippen LogP) is 5.43. The second kappa shape index (κ2) is 5.84. The number of hydrazone groups is 1. The first kappa shape index (κ1) is 16.6. The minimum Gasteiger partial charge on any atom is -0.497 e. The molecule has 1 heterocycles. The van der Waals surface area contributed by atoms with Crippen molar-refractivity contribution in [2.75, 3.05) is 12.5 Å². The van der Waals surface area contributed by atoms with E-state index in [9.17, 15) is 0 Å². The molecular formula is C20H25N3OS. The van der Waals surface area contributed by atoms with Gasteiger partial charge in [-0.3, -0.25) is 5.43 Å². The highest BCUT2D eigenvalue weighted by Crippen LogP contribution is 2.64. The second-order valence-corrected chi connectivity index (χ2v) is 8.89. The summed E-state index contributed by atoms with van der Waals surface area (Å²) in [5.74, 6) is 1.46. The van der Waals surface area contributed by atoms with Crippen LogP contribution in [0.4, 0.5) is 5.13 Å². The fourth-order valence-electron chi connectivity index (χ4n) is 4.45. The van der Waals surface area contributed by atoms with Crippen LogP contribution in [-0.4, -0.2) is 17.8 Å². The highest BCUT2D eigenvalue weighted by atomic mass is 32.1. The molecule has 0 amide bonds. The van der Waals surface area contributed by atoms with E-state index in [1.54, 1.807) is 18.4 Å². The quantitative estimate of drug-likeness (QED) is 0.744. The van der Waals surface area contributed by atoms with Gasteiger partial charge in [-0.05, 0) is 54.4 Å². The highest BCUT2D eigenvalue weighted by Gasteiger charge is 2.59. The molecule has 132 valence electrons. The molecule has 2 aliphatic rings. The molecule has 0 aliphatic heterocycles. The first-order valence-electron chi connectivity index (χ1n) is 8.85. The Hall–Kier alpha value is -1.88. The van der Waals surface area contributed by atoms with Gasteiger partial charge in [0.15, 0.2) is 0 Å². The second-order valence-electron chi connectivity index (χ2n) is 8.03. The van der Waals surface area contributed by atoms with Gasteiger partial charge in [0.2, 0.25) is 5.13 Å². The van der Waals surface area contributed by atoms with E-state index in [2.05, 4.69) is 36.6 Å². The van der Waals surface area contributed by atoms with Crippen molar-refractivity contribution in [2.45, 2.75) is 40.0 Å². The lowest BCUT2D eigenvalue weighted by Crippen LogP contribution is -2.26. The Morgan fingerprint density at radius 1 is 1.24 bits per heavy atom. The van der Waals surface area contributed by atoms with Crippen molar-refractivity contribution < 1.29 is 4.74 Å². The van der Waals surface area contributed by atoms with E-state index in [1.165, 1.54) is 18.6 Å². The van der Waals surface area contributed by atoms with Gasteiger partial charge >= 0.3 is 0 Å². The normalized spacial score (nSPS) is 28.5. The summed E-state index contributed by atoms with van der Waals surface area (Å²) in [7, 11) is 1.68. The Balaban J connectivity index is 1.49. The number of benzene rings is 1. The zero-order chi connectivity index (χ0) is 17.7. The van der Waals surface area contributed by atoms with Crippen LogP contribution < -0.4 is 10.2 Å². The number of nitrogens with zero attached hydrogens (tertiary/aromatic N) is 2. The smallest absolute Gasteiger partial charge is 0.203 e. The van der Waals surface area contributed by atoms with E-state index < -0.39 is 0 Å². The Morgan fingerprint density at radius 3 is 2.60 bits per heavy atom. The summed E-state index contributed by atoms with van der Waals surface area (Å²) in [5, 5.41) is 7.66. The van der Waals surface area contributed by atoms with E-state index in [1.807, 2.05) is 24.3 Å². The standard InChI is InChI=1S/C20H25N3OS/c1-19(2)15-9-10-20(19,3)11-16(15)22-23-18-21-17(12-25-18)13-5-7-14(24-4)8-6-13/h5-8,12,15H,9-11H2,1-4H3,(H,21,23)/b22-16-. The zero-order valence-electron chi connectivity index (χ0n) is 15.3. The molecule has 2 aromatic rings. The SMILES string of the molecule is COc1ccc(-c2csc(N/N=C3/CC4(C)CCC3C4(C)C)n2)cc1. The molecule has 2 bridgehead atoms. The molecule has 2 aliphatic carbocycles. The molecule has 0 saturated heterocycles. The number of hydrogen-bond acceptors (Lipinski definition) is 5. The third-order valence-corrected chi connectivity index (χ3v) is 7.32. The van der Waals surface area contributed by atoms with E-state index in [4.69, 9.17) is 9.84 Å². The minimum atomic E-state index is 0.352. The molecule has 0 spiro atoms. The average Bonchev–Trinajstić information content (AvgIpc) is 3.22. The molecule has 4 nitrogen and oxygen atoms in total. The minimum absolute atomic E-state index is 0.352. The first-order chi connectivity index (χ1) is 11.9. The van der Waals surface area contributed by atoms with Gasteiger partial charge in [0.05, 0.1) is 12.8 Å². The number of rotatable bonds is 4. The summed E-state index contributed by atoms with van der Waals surface area (Å²) in [6.07, 6.45) is 3.69. The van der Waals surface area contributed by atoms with Crippen molar-refractivity contribution >= 4 is 22.2 Å². The van der Waals surface area contributed by atoms with Crippen LogP contribution in [0.15, 0.2) is 34.7 Å². The molecule has 1 aromatic heterocycles. The molecule has 1 aromatic carbocycles. The average molecular weight is 356 g/mol. The van der Waals surface area contributed by atoms with Crippen molar-refractivity contribution in [3.05, 3.63) is 29.6 Å². The van der Waals surface area contributed by atoms with Crippen molar-refractivity contribution in [1.29, 1.82) is 0 Å². The topological polar surface area (TPSA) is 46.5 Å².